The molecule has 1 aliphatic rings. The van der Waals surface area contributed by atoms with Crippen LogP contribution in [-0.4, -0.2) is 5.78 Å². The molecular formula is C9H3Cl3O. The Morgan fingerprint density at radius 3 is 2.31 bits per heavy atom. The molecule has 0 fully saturated rings. The van der Waals surface area contributed by atoms with E-state index in [9.17, 15) is 4.79 Å². The third kappa shape index (κ3) is 1.28. The zero-order chi connectivity index (χ0) is 9.59. The van der Waals surface area contributed by atoms with E-state index >= 15 is 0 Å². The van der Waals surface area contributed by atoms with Gasteiger partial charge < -0.3 is 0 Å². The molecule has 13 heavy (non-hydrogen) atoms. The van der Waals surface area contributed by atoms with Gasteiger partial charge in [0.2, 0.25) is 5.78 Å². The Hall–Kier alpha value is -0.500. The van der Waals surface area contributed by atoms with Crippen molar-refractivity contribution in [1.82, 2.24) is 0 Å². The predicted molar refractivity (Wildman–Crippen MR) is 54.4 cm³/mol. The summed E-state index contributed by atoms with van der Waals surface area (Å²) in [7, 11) is 0. The topological polar surface area (TPSA) is 17.1 Å². The predicted octanol–water partition coefficient (Wildman–Crippen LogP) is 3.68. The van der Waals surface area contributed by atoms with E-state index in [0.29, 0.717) is 16.1 Å². The molecule has 0 radical (unpaired) electrons. The molecule has 0 aliphatic heterocycles. The highest BCUT2D eigenvalue weighted by atomic mass is 35.5. The van der Waals surface area contributed by atoms with Crippen LogP contribution in [0.1, 0.15) is 15.9 Å². The molecule has 0 amide bonds. The summed E-state index contributed by atoms with van der Waals surface area (Å²) >= 11 is 17.3. The first kappa shape index (κ1) is 9.07. The van der Waals surface area contributed by atoms with Gasteiger partial charge in [-0.2, -0.15) is 0 Å². The molecule has 4 heteroatoms. The first-order chi connectivity index (χ1) is 6.11. The number of hydrogen-bond acceptors (Lipinski definition) is 1. The highest BCUT2D eigenvalue weighted by Crippen LogP contribution is 2.38. The number of benzene rings is 1. The summed E-state index contributed by atoms with van der Waals surface area (Å²) in [6.45, 7) is 0. The second-order valence-electron chi connectivity index (χ2n) is 2.65. The van der Waals surface area contributed by atoms with Crippen molar-refractivity contribution in [2.75, 3.05) is 0 Å². The van der Waals surface area contributed by atoms with Crippen LogP contribution in [0.2, 0.25) is 5.02 Å². The molecule has 0 bridgehead atoms. The van der Waals surface area contributed by atoms with Gasteiger partial charge in [-0.3, -0.25) is 4.79 Å². The van der Waals surface area contributed by atoms with Gasteiger partial charge in [-0.05, 0) is 18.2 Å². The minimum Gasteiger partial charge on any atom is -0.288 e. The molecule has 0 atom stereocenters. The number of Topliss-reactive ketones (excluding diaryl/α,β-unsaturated/α-hetero) is 1. The Morgan fingerprint density at radius 1 is 0.923 bits per heavy atom. The van der Waals surface area contributed by atoms with Crippen molar-refractivity contribution in [3.8, 4) is 0 Å². The van der Waals surface area contributed by atoms with Gasteiger partial charge in [0.25, 0.3) is 0 Å². The molecule has 0 saturated carbocycles. The Morgan fingerprint density at radius 2 is 1.62 bits per heavy atom. The lowest BCUT2D eigenvalue weighted by Crippen LogP contribution is -1.93. The van der Waals surface area contributed by atoms with E-state index in [1.54, 1.807) is 18.2 Å². The van der Waals surface area contributed by atoms with Gasteiger partial charge in [-0.25, -0.2) is 0 Å². The summed E-state index contributed by atoms with van der Waals surface area (Å²) in [6.07, 6.45) is 0. The fourth-order valence-corrected chi connectivity index (χ4v) is 1.85. The largest absolute Gasteiger partial charge is 0.288 e. The third-order valence-corrected chi connectivity index (χ3v) is 2.94. The van der Waals surface area contributed by atoms with Crippen molar-refractivity contribution in [3.63, 3.8) is 0 Å². The number of halogens is 3. The van der Waals surface area contributed by atoms with Crippen LogP contribution in [0, 0.1) is 0 Å². The van der Waals surface area contributed by atoms with E-state index in [0.717, 1.165) is 0 Å². The lowest BCUT2D eigenvalue weighted by atomic mass is 10.1. The van der Waals surface area contributed by atoms with Crippen LogP contribution in [0.25, 0.3) is 5.03 Å². The Bertz CT molecular complexity index is 434. The fourth-order valence-electron chi connectivity index (χ4n) is 1.23. The second-order valence-corrected chi connectivity index (χ2v) is 3.84. The number of carbonyl (C=O) groups is 1. The first-order valence-corrected chi connectivity index (χ1v) is 4.64. The minimum absolute atomic E-state index is 0.0685. The summed E-state index contributed by atoms with van der Waals surface area (Å²) in [4.78, 5) is 11.4. The number of rotatable bonds is 0. The van der Waals surface area contributed by atoms with E-state index in [4.69, 9.17) is 34.8 Å². The van der Waals surface area contributed by atoms with Crippen molar-refractivity contribution in [2.45, 2.75) is 0 Å². The maximum Gasteiger partial charge on any atom is 0.206 e. The smallest absolute Gasteiger partial charge is 0.206 e. The molecule has 0 aromatic heterocycles. The number of fused-ring (bicyclic) bond motifs is 1. The quantitative estimate of drug-likeness (QED) is 0.668. The number of hydrogen-bond donors (Lipinski definition) is 0. The van der Waals surface area contributed by atoms with Crippen molar-refractivity contribution in [1.29, 1.82) is 0 Å². The molecular weight excluding hydrogens is 230 g/mol. The molecule has 1 aromatic rings. The van der Waals surface area contributed by atoms with E-state index in [2.05, 4.69) is 0 Å². The van der Waals surface area contributed by atoms with Gasteiger partial charge in [-0.15, -0.1) is 0 Å². The lowest BCUT2D eigenvalue weighted by Gasteiger charge is -1.97. The Balaban J connectivity index is 2.72. The highest BCUT2D eigenvalue weighted by Gasteiger charge is 2.27. The fraction of sp³-hybridized carbons (Fsp3) is 0. The molecule has 1 aliphatic carbocycles. The van der Waals surface area contributed by atoms with Crippen molar-refractivity contribution in [2.24, 2.45) is 0 Å². The summed E-state index contributed by atoms with van der Waals surface area (Å²) in [5.74, 6) is -0.238. The van der Waals surface area contributed by atoms with Gasteiger partial charge in [0.15, 0.2) is 0 Å². The van der Waals surface area contributed by atoms with Crippen LogP contribution >= 0.6 is 34.8 Å². The average molecular weight is 233 g/mol. The summed E-state index contributed by atoms with van der Waals surface area (Å²) in [5.41, 5.74) is 1.13. The van der Waals surface area contributed by atoms with E-state index < -0.39 is 0 Å². The number of carbonyl (C=O) groups excluding carboxylic acids is 1. The zero-order valence-corrected chi connectivity index (χ0v) is 8.54. The van der Waals surface area contributed by atoms with Crippen LogP contribution < -0.4 is 0 Å². The number of allylic oxidation sites excluding steroid dienone is 1. The summed E-state index contributed by atoms with van der Waals surface area (Å²) in [5, 5.41) is 0.888. The molecule has 0 N–H and O–H groups in total. The molecule has 1 nitrogen and oxygen atoms in total. The standard InChI is InChI=1S/C9H3Cl3O/c10-4-1-2-5-6(3-4)7(11)8(12)9(5)13/h1-3H. The highest BCUT2D eigenvalue weighted by molar-refractivity contribution is 6.64. The maximum absolute atomic E-state index is 11.4. The van der Waals surface area contributed by atoms with E-state index in [-0.39, 0.29) is 15.8 Å². The molecule has 0 saturated heterocycles. The molecule has 0 spiro atoms. The Kier molecular flexibility index (Phi) is 2.11. The normalized spacial score (nSPS) is 15.2. The van der Waals surface area contributed by atoms with Gasteiger partial charge in [0.05, 0.1) is 5.03 Å². The number of ketones is 1. The summed E-state index contributed by atoms with van der Waals surface area (Å²) in [6, 6.07) is 4.89. The molecule has 0 heterocycles. The van der Waals surface area contributed by atoms with Gasteiger partial charge in [-0.1, -0.05) is 34.8 Å². The molecule has 1 aromatic carbocycles. The van der Waals surface area contributed by atoms with Gasteiger partial charge in [0, 0.05) is 16.1 Å². The van der Waals surface area contributed by atoms with E-state index in [1.165, 1.54) is 0 Å². The monoisotopic (exact) mass is 232 g/mol. The molecule has 66 valence electrons. The van der Waals surface area contributed by atoms with E-state index in [1.807, 2.05) is 0 Å². The lowest BCUT2D eigenvalue weighted by molar-refractivity contribution is 0.104. The molecule has 0 unspecified atom stereocenters. The second kappa shape index (κ2) is 3.02. The van der Waals surface area contributed by atoms with Crippen LogP contribution in [0.3, 0.4) is 0 Å². The Labute approximate surface area is 89.9 Å². The van der Waals surface area contributed by atoms with Crippen LogP contribution in [0.15, 0.2) is 23.2 Å². The van der Waals surface area contributed by atoms with Crippen molar-refractivity contribution < 1.29 is 4.79 Å². The summed E-state index contributed by atoms with van der Waals surface area (Å²) < 4.78 is 0. The average Bonchev–Trinajstić information content (AvgIpc) is 2.32. The van der Waals surface area contributed by atoms with Crippen molar-refractivity contribution >= 4 is 45.6 Å². The third-order valence-electron chi connectivity index (χ3n) is 1.85. The van der Waals surface area contributed by atoms with Crippen LogP contribution in [-0.2, 0) is 0 Å². The SMILES string of the molecule is O=C1C(Cl)=C(Cl)c2cc(Cl)ccc21. The van der Waals surface area contributed by atoms with Crippen LogP contribution in [0.5, 0.6) is 0 Å². The molecule has 2 rings (SSSR count). The van der Waals surface area contributed by atoms with Crippen LogP contribution in [0.4, 0.5) is 0 Å². The minimum atomic E-state index is -0.238. The first-order valence-electron chi connectivity index (χ1n) is 3.51. The van der Waals surface area contributed by atoms with Gasteiger partial charge in [0.1, 0.15) is 5.03 Å². The van der Waals surface area contributed by atoms with Gasteiger partial charge >= 0.3 is 0 Å². The maximum atomic E-state index is 11.4. The zero-order valence-electron chi connectivity index (χ0n) is 6.27. The van der Waals surface area contributed by atoms with Crippen molar-refractivity contribution in [3.05, 3.63) is 39.4 Å².